The van der Waals surface area contributed by atoms with Gasteiger partial charge in [-0.2, -0.15) is 0 Å². The average Bonchev–Trinajstić information content (AvgIpc) is 3.64. The molecule has 0 aliphatic rings. The van der Waals surface area contributed by atoms with Crippen molar-refractivity contribution in [3.8, 4) is 17.2 Å². The number of ketones is 1. The number of carbonyl (C=O) groups is 1. The maximum atomic E-state index is 14.3. The molecular formula is C33H32N2O6S. The molecule has 2 aromatic heterocycles. The van der Waals surface area contributed by atoms with Gasteiger partial charge in [0, 0.05) is 18.0 Å². The maximum Gasteiger partial charge on any atom is 0.268 e. The smallest absolute Gasteiger partial charge is 0.268 e. The molecule has 42 heavy (non-hydrogen) atoms. The number of nitrogens with zero attached hydrogens (tertiary/aromatic N) is 2. The van der Waals surface area contributed by atoms with E-state index in [0.29, 0.717) is 22.8 Å². The van der Waals surface area contributed by atoms with Gasteiger partial charge in [0.05, 0.1) is 36.1 Å². The number of hydrogen-bond donors (Lipinski definition) is 1. The van der Waals surface area contributed by atoms with Gasteiger partial charge in [-0.25, -0.2) is 12.4 Å². The molecule has 9 heteroatoms. The largest absolute Gasteiger partial charge is 0.496 e. The van der Waals surface area contributed by atoms with E-state index in [4.69, 9.17) is 9.47 Å². The molecule has 8 nitrogen and oxygen atoms in total. The summed E-state index contributed by atoms with van der Waals surface area (Å²) in [4.78, 5) is 14.3. The average molecular weight is 585 g/mol. The van der Waals surface area contributed by atoms with Gasteiger partial charge < -0.3 is 19.1 Å². The fourth-order valence-corrected chi connectivity index (χ4v) is 6.34. The van der Waals surface area contributed by atoms with Crippen LogP contribution in [0.5, 0.6) is 11.5 Å². The highest BCUT2D eigenvalue weighted by Gasteiger charge is 2.31. The Morgan fingerprint density at radius 1 is 0.786 bits per heavy atom. The molecule has 0 aliphatic carbocycles. The van der Waals surface area contributed by atoms with Gasteiger partial charge in [-0.3, -0.25) is 4.79 Å². The summed E-state index contributed by atoms with van der Waals surface area (Å²) >= 11 is 0. The second-order valence-electron chi connectivity index (χ2n) is 10.1. The number of aliphatic hydroxyl groups excluding tert-OH is 1. The van der Waals surface area contributed by atoms with Crippen molar-refractivity contribution in [3.63, 3.8) is 0 Å². The van der Waals surface area contributed by atoms with Crippen molar-refractivity contribution in [2.24, 2.45) is 0 Å². The van der Waals surface area contributed by atoms with E-state index in [-0.39, 0.29) is 21.8 Å². The third-order valence-electron chi connectivity index (χ3n) is 7.23. The highest BCUT2D eigenvalue weighted by molar-refractivity contribution is 7.90. The molecule has 1 atom stereocenters. The molecule has 0 spiro atoms. The SMILES string of the molecule is COc1cc(C)ccc1C(=O)c1c(-n2cccc2C(O)c2ccc(C)cc2OC)ccn1S(=O)(=O)c1ccc(C)cc1. The molecule has 0 fully saturated rings. The van der Waals surface area contributed by atoms with Gasteiger partial charge in [0.2, 0.25) is 5.78 Å². The highest BCUT2D eigenvalue weighted by atomic mass is 32.2. The number of ether oxygens (including phenoxy) is 2. The first kappa shape index (κ1) is 28.9. The first-order valence-corrected chi connectivity index (χ1v) is 14.7. The standard InChI is InChI=1S/C33H32N2O6S/c1-21-8-12-24(13-9-21)42(38,39)35-18-16-27(31(35)33(37)26-15-11-23(3)20-30(26)41-5)34-17-6-7-28(34)32(36)25-14-10-22(2)19-29(25)40-4/h6-20,32,36H,1-5H3. The van der Waals surface area contributed by atoms with Crippen LogP contribution in [0.25, 0.3) is 5.69 Å². The van der Waals surface area contributed by atoms with E-state index < -0.39 is 21.9 Å². The third-order valence-corrected chi connectivity index (χ3v) is 8.92. The van der Waals surface area contributed by atoms with Crippen LogP contribution in [0, 0.1) is 20.8 Å². The zero-order valence-corrected chi connectivity index (χ0v) is 24.8. The number of aromatic nitrogens is 2. The number of methoxy groups -OCH3 is 2. The van der Waals surface area contributed by atoms with Crippen LogP contribution in [0.1, 0.15) is 50.1 Å². The number of hydrogen-bond acceptors (Lipinski definition) is 6. The molecule has 0 amide bonds. The Labute approximate surface area is 245 Å². The Morgan fingerprint density at radius 3 is 2.07 bits per heavy atom. The van der Waals surface area contributed by atoms with Crippen LogP contribution in [-0.4, -0.2) is 42.1 Å². The lowest BCUT2D eigenvalue weighted by Crippen LogP contribution is -2.21. The number of rotatable bonds is 9. The summed E-state index contributed by atoms with van der Waals surface area (Å²) in [6.07, 6.45) is 1.91. The minimum absolute atomic E-state index is 0.0392. The van der Waals surface area contributed by atoms with E-state index in [9.17, 15) is 18.3 Å². The van der Waals surface area contributed by atoms with Gasteiger partial charge in [-0.1, -0.05) is 35.9 Å². The number of aryl methyl sites for hydroxylation is 3. The van der Waals surface area contributed by atoms with Gasteiger partial charge in [-0.05, 0) is 80.4 Å². The highest BCUT2D eigenvalue weighted by Crippen LogP contribution is 2.35. The molecule has 0 saturated heterocycles. The fourth-order valence-electron chi connectivity index (χ4n) is 4.99. The molecule has 0 bridgehead atoms. The molecule has 0 saturated carbocycles. The van der Waals surface area contributed by atoms with E-state index >= 15 is 0 Å². The minimum Gasteiger partial charge on any atom is -0.496 e. The topological polar surface area (TPSA) is 99.8 Å². The van der Waals surface area contributed by atoms with E-state index in [2.05, 4.69) is 0 Å². The van der Waals surface area contributed by atoms with Crippen LogP contribution < -0.4 is 9.47 Å². The van der Waals surface area contributed by atoms with Crippen molar-refractivity contribution in [1.82, 2.24) is 8.54 Å². The minimum atomic E-state index is -4.18. The zero-order valence-electron chi connectivity index (χ0n) is 24.0. The summed E-state index contributed by atoms with van der Waals surface area (Å²) in [5, 5.41) is 11.5. The Balaban J connectivity index is 1.73. The second kappa shape index (κ2) is 11.3. The Bertz CT molecular complexity index is 1880. The molecule has 0 radical (unpaired) electrons. The summed E-state index contributed by atoms with van der Waals surface area (Å²) in [7, 11) is -1.18. The predicted molar refractivity (Wildman–Crippen MR) is 160 cm³/mol. The fraction of sp³-hybridized carbons (Fsp3) is 0.182. The Kier molecular flexibility index (Phi) is 7.81. The molecule has 216 valence electrons. The quantitative estimate of drug-likeness (QED) is 0.221. The van der Waals surface area contributed by atoms with Crippen molar-refractivity contribution in [2.45, 2.75) is 31.8 Å². The van der Waals surface area contributed by atoms with Crippen LogP contribution in [0.4, 0.5) is 0 Å². The van der Waals surface area contributed by atoms with E-state index in [0.717, 1.165) is 20.7 Å². The van der Waals surface area contributed by atoms with Gasteiger partial charge in [0.25, 0.3) is 10.0 Å². The number of benzene rings is 3. The van der Waals surface area contributed by atoms with Gasteiger partial charge in [-0.15, -0.1) is 0 Å². The van der Waals surface area contributed by atoms with E-state index in [1.807, 2.05) is 32.9 Å². The summed E-state index contributed by atoms with van der Waals surface area (Å²) < 4.78 is 41.6. The van der Waals surface area contributed by atoms with Gasteiger partial charge >= 0.3 is 0 Å². The van der Waals surface area contributed by atoms with E-state index in [1.54, 1.807) is 65.4 Å². The monoisotopic (exact) mass is 584 g/mol. The Hall–Kier alpha value is -4.60. The molecular weight excluding hydrogens is 552 g/mol. The van der Waals surface area contributed by atoms with Crippen molar-refractivity contribution in [3.05, 3.63) is 130 Å². The summed E-state index contributed by atoms with van der Waals surface area (Å²) in [6, 6.07) is 22.0. The molecule has 5 aromatic rings. The summed E-state index contributed by atoms with van der Waals surface area (Å²) in [5.74, 6) is 0.281. The van der Waals surface area contributed by atoms with Gasteiger partial charge in [0.15, 0.2) is 0 Å². The van der Waals surface area contributed by atoms with Gasteiger partial charge in [0.1, 0.15) is 23.3 Å². The molecule has 1 N–H and O–H groups in total. The van der Waals surface area contributed by atoms with Crippen LogP contribution in [-0.2, 0) is 10.0 Å². The lowest BCUT2D eigenvalue weighted by molar-refractivity contribution is 0.103. The number of carbonyl (C=O) groups excluding carboxylic acids is 1. The first-order valence-electron chi connectivity index (χ1n) is 13.3. The lowest BCUT2D eigenvalue weighted by Gasteiger charge is -2.19. The summed E-state index contributed by atoms with van der Waals surface area (Å²) in [6.45, 7) is 5.67. The normalized spacial score (nSPS) is 12.2. The first-order chi connectivity index (χ1) is 20.1. The second-order valence-corrected chi connectivity index (χ2v) is 12.0. The van der Waals surface area contributed by atoms with E-state index in [1.165, 1.54) is 32.5 Å². The molecule has 3 aromatic carbocycles. The van der Waals surface area contributed by atoms with Crippen molar-refractivity contribution < 1.29 is 27.8 Å². The van der Waals surface area contributed by atoms with Crippen LogP contribution >= 0.6 is 0 Å². The lowest BCUT2D eigenvalue weighted by atomic mass is 10.0. The van der Waals surface area contributed by atoms with Crippen molar-refractivity contribution >= 4 is 15.8 Å². The molecule has 5 rings (SSSR count). The van der Waals surface area contributed by atoms with Crippen LogP contribution in [0.15, 0.2) is 96.2 Å². The van der Waals surface area contributed by atoms with Crippen LogP contribution in [0.3, 0.4) is 0 Å². The van der Waals surface area contributed by atoms with Crippen molar-refractivity contribution in [1.29, 1.82) is 0 Å². The zero-order chi connectivity index (χ0) is 30.2. The van der Waals surface area contributed by atoms with Crippen LogP contribution in [0.2, 0.25) is 0 Å². The summed E-state index contributed by atoms with van der Waals surface area (Å²) in [5.41, 5.74) is 4.10. The predicted octanol–water partition coefficient (Wildman–Crippen LogP) is 5.77. The third kappa shape index (κ3) is 5.13. The van der Waals surface area contributed by atoms with Crippen molar-refractivity contribution in [2.75, 3.05) is 14.2 Å². The Morgan fingerprint density at radius 2 is 1.40 bits per heavy atom. The molecule has 2 heterocycles. The number of aliphatic hydroxyl groups is 1. The molecule has 1 unspecified atom stereocenters. The molecule has 0 aliphatic heterocycles. The maximum absolute atomic E-state index is 14.3.